The number of aromatic nitrogens is 3. The van der Waals surface area contributed by atoms with Gasteiger partial charge < -0.3 is 5.32 Å². The van der Waals surface area contributed by atoms with Crippen LogP contribution in [-0.2, 0) is 0 Å². The van der Waals surface area contributed by atoms with Gasteiger partial charge in [-0.3, -0.25) is 0 Å². The zero-order valence-electron chi connectivity index (χ0n) is 13.5. The highest BCUT2D eigenvalue weighted by molar-refractivity contribution is 6.30. The summed E-state index contributed by atoms with van der Waals surface area (Å²) in [4.78, 5) is 4.76. The van der Waals surface area contributed by atoms with Gasteiger partial charge in [-0.1, -0.05) is 44.0 Å². The van der Waals surface area contributed by atoms with Crippen LogP contribution >= 0.6 is 11.6 Å². The molecule has 1 unspecified atom stereocenters. The lowest BCUT2D eigenvalue weighted by molar-refractivity contribution is 0.620. The first-order valence-corrected chi connectivity index (χ1v) is 8.46. The summed E-state index contributed by atoms with van der Waals surface area (Å²) in [6, 6.07) is 10.2. The Balaban J connectivity index is 1.97. The summed E-state index contributed by atoms with van der Waals surface area (Å²) in [5.74, 6) is 0.890. The van der Waals surface area contributed by atoms with Crippen LogP contribution in [0.1, 0.15) is 33.1 Å². The van der Waals surface area contributed by atoms with E-state index in [9.17, 15) is 0 Å². The molecule has 0 bridgehead atoms. The highest BCUT2D eigenvalue weighted by Crippen LogP contribution is 2.26. The molecule has 2 aromatic heterocycles. The maximum absolute atomic E-state index is 6.11. The van der Waals surface area contributed by atoms with E-state index < -0.39 is 0 Å². The van der Waals surface area contributed by atoms with Crippen LogP contribution in [0.15, 0.2) is 42.7 Å². The van der Waals surface area contributed by atoms with E-state index in [0.29, 0.717) is 11.1 Å². The van der Waals surface area contributed by atoms with Gasteiger partial charge in [-0.2, -0.15) is 5.10 Å². The molecule has 3 rings (SSSR count). The van der Waals surface area contributed by atoms with Crippen molar-refractivity contribution in [2.45, 2.75) is 39.2 Å². The van der Waals surface area contributed by atoms with Crippen LogP contribution in [0.25, 0.3) is 16.8 Å². The molecule has 3 aromatic rings. The lowest BCUT2D eigenvalue weighted by Crippen LogP contribution is -2.18. The molecule has 2 heterocycles. The zero-order chi connectivity index (χ0) is 16.2. The standard InChI is InChI=1S/C18H21ClN4/c1-3-6-15(4-2)21-17-9-10-23-18(22-17)16(12-20-23)13-7-5-8-14(19)11-13/h5,7-12,15H,3-4,6H2,1-2H3,(H,21,22). The van der Waals surface area contributed by atoms with Crippen molar-refractivity contribution < 1.29 is 0 Å². The Morgan fingerprint density at radius 2 is 2.13 bits per heavy atom. The van der Waals surface area contributed by atoms with Gasteiger partial charge in [-0.05, 0) is 36.6 Å². The zero-order valence-corrected chi connectivity index (χ0v) is 14.2. The SMILES string of the molecule is CCCC(CC)Nc1ccn2ncc(-c3cccc(Cl)c3)c2n1. The predicted molar refractivity (Wildman–Crippen MR) is 96.0 cm³/mol. The molecule has 0 aliphatic rings. The van der Waals surface area contributed by atoms with Gasteiger partial charge in [0.25, 0.3) is 0 Å². The maximum atomic E-state index is 6.11. The van der Waals surface area contributed by atoms with Crippen molar-refractivity contribution in [1.82, 2.24) is 14.6 Å². The summed E-state index contributed by atoms with van der Waals surface area (Å²) in [5.41, 5.74) is 2.85. The molecule has 1 N–H and O–H groups in total. The van der Waals surface area contributed by atoms with Gasteiger partial charge in [0.05, 0.1) is 6.20 Å². The monoisotopic (exact) mass is 328 g/mol. The molecule has 0 aliphatic heterocycles. The van der Waals surface area contributed by atoms with Gasteiger partial charge in [0, 0.05) is 22.8 Å². The van der Waals surface area contributed by atoms with E-state index in [0.717, 1.165) is 41.9 Å². The maximum Gasteiger partial charge on any atom is 0.165 e. The van der Waals surface area contributed by atoms with Crippen LogP contribution in [0, 0.1) is 0 Å². The van der Waals surface area contributed by atoms with Gasteiger partial charge >= 0.3 is 0 Å². The van der Waals surface area contributed by atoms with Crippen molar-refractivity contribution in [2.75, 3.05) is 5.32 Å². The second-order valence-corrected chi connectivity index (χ2v) is 6.12. The summed E-state index contributed by atoms with van der Waals surface area (Å²) in [5, 5.41) is 8.62. The second kappa shape index (κ2) is 7.01. The van der Waals surface area contributed by atoms with Crippen LogP contribution in [0.2, 0.25) is 5.02 Å². The lowest BCUT2D eigenvalue weighted by Gasteiger charge is -2.16. The van der Waals surface area contributed by atoms with Crippen molar-refractivity contribution in [1.29, 1.82) is 0 Å². The van der Waals surface area contributed by atoms with Crippen LogP contribution in [0.4, 0.5) is 5.82 Å². The summed E-state index contributed by atoms with van der Waals surface area (Å²) in [6.07, 6.45) is 7.16. The topological polar surface area (TPSA) is 42.2 Å². The summed E-state index contributed by atoms with van der Waals surface area (Å²) in [6.45, 7) is 4.40. The van der Waals surface area contributed by atoms with Crippen LogP contribution < -0.4 is 5.32 Å². The molecule has 4 nitrogen and oxygen atoms in total. The Labute approximate surface area is 141 Å². The summed E-state index contributed by atoms with van der Waals surface area (Å²) in [7, 11) is 0. The van der Waals surface area contributed by atoms with Crippen molar-refractivity contribution in [3.05, 3.63) is 47.7 Å². The molecule has 0 spiro atoms. The highest BCUT2D eigenvalue weighted by Gasteiger charge is 2.11. The minimum atomic E-state index is 0.451. The molecule has 0 fully saturated rings. The molecule has 23 heavy (non-hydrogen) atoms. The molecule has 0 saturated carbocycles. The molecule has 1 aromatic carbocycles. The third-order valence-electron chi connectivity index (χ3n) is 3.99. The molecule has 0 saturated heterocycles. The van der Waals surface area contributed by atoms with Gasteiger partial charge in [0.15, 0.2) is 5.65 Å². The number of halogens is 1. The first-order chi connectivity index (χ1) is 11.2. The molecule has 1 atom stereocenters. The highest BCUT2D eigenvalue weighted by atomic mass is 35.5. The average molecular weight is 329 g/mol. The first kappa shape index (κ1) is 15.8. The molecule has 0 radical (unpaired) electrons. The Morgan fingerprint density at radius 1 is 1.26 bits per heavy atom. The summed E-state index contributed by atoms with van der Waals surface area (Å²) < 4.78 is 1.79. The van der Waals surface area contributed by atoms with Crippen LogP contribution in [-0.4, -0.2) is 20.6 Å². The van der Waals surface area contributed by atoms with E-state index >= 15 is 0 Å². The molecule has 5 heteroatoms. The van der Waals surface area contributed by atoms with Crippen LogP contribution in [0.3, 0.4) is 0 Å². The summed E-state index contributed by atoms with van der Waals surface area (Å²) >= 11 is 6.11. The van der Waals surface area contributed by atoms with Crippen molar-refractivity contribution in [2.24, 2.45) is 0 Å². The van der Waals surface area contributed by atoms with Gasteiger partial charge in [-0.15, -0.1) is 0 Å². The molecule has 0 aliphatic carbocycles. The number of benzene rings is 1. The Hall–Kier alpha value is -2.07. The third-order valence-corrected chi connectivity index (χ3v) is 4.22. The first-order valence-electron chi connectivity index (χ1n) is 8.08. The normalized spacial score (nSPS) is 12.5. The average Bonchev–Trinajstić information content (AvgIpc) is 2.97. The predicted octanol–water partition coefficient (Wildman–Crippen LogP) is 5.04. The van der Waals surface area contributed by atoms with E-state index in [1.807, 2.05) is 42.7 Å². The molecule has 0 amide bonds. The van der Waals surface area contributed by atoms with Gasteiger partial charge in [-0.25, -0.2) is 9.50 Å². The van der Waals surface area contributed by atoms with E-state index in [4.69, 9.17) is 16.6 Å². The largest absolute Gasteiger partial charge is 0.367 e. The second-order valence-electron chi connectivity index (χ2n) is 5.69. The number of rotatable bonds is 6. The molecular formula is C18H21ClN4. The fraction of sp³-hybridized carbons (Fsp3) is 0.333. The lowest BCUT2D eigenvalue weighted by atomic mass is 10.1. The minimum absolute atomic E-state index is 0.451. The van der Waals surface area contributed by atoms with Crippen molar-refractivity contribution in [3.63, 3.8) is 0 Å². The number of fused-ring (bicyclic) bond motifs is 1. The molecular weight excluding hydrogens is 308 g/mol. The van der Waals surface area contributed by atoms with E-state index in [1.165, 1.54) is 0 Å². The molecule has 120 valence electrons. The Morgan fingerprint density at radius 3 is 2.87 bits per heavy atom. The van der Waals surface area contributed by atoms with E-state index in [1.54, 1.807) is 4.52 Å². The smallest absolute Gasteiger partial charge is 0.165 e. The number of hydrogen-bond acceptors (Lipinski definition) is 3. The van der Waals surface area contributed by atoms with Crippen molar-refractivity contribution in [3.8, 4) is 11.1 Å². The van der Waals surface area contributed by atoms with Crippen molar-refractivity contribution >= 4 is 23.1 Å². The fourth-order valence-electron chi connectivity index (χ4n) is 2.74. The number of nitrogens with one attached hydrogen (secondary N) is 1. The van der Waals surface area contributed by atoms with E-state index in [-0.39, 0.29) is 0 Å². The van der Waals surface area contributed by atoms with E-state index in [2.05, 4.69) is 24.3 Å². The minimum Gasteiger partial charge on any atom is -0.367 e. The fourth-order valence-corrected chi connectivity index (χ4v) is 2.94. The van der Waals surface area contributed by atoms with Crippen LogP contribution in [0.5, 0.6) is 0 Å². The number of hydrogen-bond donors (Lipinski definition) is 1. The quantitative estimate of drug-likeness (QED) is 0.689. The Bertz CT molecular complexity index is 797. The number of nitrogens with zero attached hydrogens (tertiary/aromatic N) is 3. The van der Waals surface area contributed by atoms with Gasteiger partial charge in [0.2, 0.25) is 0 Å². The van der Waals surface area contributed by atoms with Gasteiger partial charge in [0.1, 0.15) is 5.82 Å². The number of anilines is 1. The third kappa shape index (κ3) is 3.48. The Kier molecular flexibility index (Phi) is 4.82.